The molecule has 9 heteroatoms. The van der Waals surface area contributed by atoms with Crippen LogP contribution in [0.15, 0.2) is 36.4 Å². The molecule has 5 nitrogen and oxygen atoms in total. The summed E-state index contributed by atoms with van der Waals surface area (Å²) in [5.74, 6) is -0.666. The van der Waals surface area contributed by atoms with Crippen LogP contribution in [0.25, 0.3) is 0 Å². The summed E-state index contributed by atoms with van der Waals surface area (Å²) in [6.45, 7) is 7.88. The Morgan fingerprint density at radius 2 is 1.48 bits per heavy atom. The summed E-state index contributed by atoms with van der Waals surface area (Å²) in [6, 6.07) is 8.49. The summed E-state index contributed by atoms with van der Waals surface area (Å²) in [4.78, 5) is 0. The van der Waals surface area contributed by atoms with E-state index in [0.29, 0.717) is 23.1 Å². The number of benzene rings is 2. The first kappa shape index (κ1) is 21.9. The van der Waals surface area contributed by atoms with Gasteiger partial charge in [0.1, 0.15) is 11.6 Å². The first-order valence-electron chi connectivity index (χ1n) is 9.37. The smallest absolute Gasteiger partial charge is 0.423 e. The molecule has 0 amide bonds. The predicted molar refractivity (Wildman–Crippen MR) is 107 cm³/mol. The monoisotopic (exact) mass is 404 g/mol. The van der Waals surface area contributed by atoms with E-state index in [1.165, 1.54) is 24.3 Å². The molecule has 1 fully saturated rings. The second kappa shape index (κ2) is 8.16. The van der Waals surface area contributed by atoms with Gasteiger partial charge in [0.05, 0.1) is 24.4 Å². The largest absolute Gasteiger partial charge is 0.495 e. The molecule has 0 atom stereocenters. The highest BCUT2D eigenvalue weighted by Gasteiger charge is 2.52. The molecule has 154 valence electrons. The van der Waals surface area contributed by atoms with E-state index in [1.807, 2.05) is 27.7 Å². The summed E-state index contributed by atoms with van der Waals surface area (Å²) in [6.07, 6.45) is 0. The maximum Gasteiger partial charge on any atom is 0.495 e. The lowest BCUT2D eigenvalue weighted by atomic mass is 9.76. The van der Waals surface area contributed by atoms with Crippen LogP contribution >= 0.6 is 0 Å². The predicted octanol–water partition coefficient (Wildman–Crippen LogP) is 1.66. The van der Waals surface area contributed by atoms with Gasteiger partial charge in [-0.2, -0.15) is 0 Å². The minimum atomic E-state index is -0.870. The average Bonchev–Trinajstić information content (AvgIpc) is 3.11. The van der Waals surface area contributed by atoms with Crippen LogP contribution in [0, 0.1) is 11.6 Å². The fourth-order valence-corrected chi connectivity index (χ4v) is 3.11. The van der Waals surface area contributed by atoms with Gasteiger partial charge in [0, 0.05) is 0 Å². The van der Waals surface area contributed by atoms with Gasteiger partial charge in [-0.3, -0.25) is 0 Å². The Bertz CT molecular complexity index is 875. The second-order valence-electron chi connectivity index (χ2n) is 8.10. The number of hydrogen-bond acceptors (Lipinski definition) is 5. The fraction of sp³-hybridized carbons (Fsp3) is 0.400. The molecule has 4 rings (SSSR count). The Morgan fingerprint density at radius 3 is 2.07 bits per heavy atom. The molecule has 2 N–H and O–H groups in total. The van der Waals surface area contributed by atoms with Gasteiger partial charge >= 0.3 is 14.2 Å². The lowest BCUT2D eigenvalue weighted by Crippen LogP contribution is -2.41. The van der Waals surface area contributed by atoms with Gasteiger partial charge in [-0.25, -0.2) is 8.78 Å². The summed E-state index contributed by atoms with van der Waals surface area (Å²) in [5, 5.41) is 18.4. The Morgan fingerprint density at radius 1 is 0.931 bits per heavy atom. The van der Waals surface area contributed by atoms with Crippen molar-refractivity contribution < 1.29 is 32.9 Å². The molecular weight excluding hydrogens is 380 g/mol. The van der Waals surface area contributed by atoms with E-state index in [9.17, 15) is 13.9 Å². The zero-order valence-electron chi connectivity index (χ0n) is 16.9. The Labute approximate surface area is 169 Å². The van der Waals surface area contributed by atoms with E-state index >= 15 is 0 Å². The van der Waals surface area contributed by atoms with Crippen molar-refractivity contribution in [3.63, 3.8) is 0 Å². The Balaban J connectivity index is 0.000000186. The van der Waals surface area contributed by atoms with E-state index in [2.05, 4.69) is 0 Å². The zero-order valence-corrected chi connectivity index (χ0v) is 16.9. The molecule has 0 bridgehead atoms. The molecule has 0 spiro atoms. The van der Waals surface area contributed by atoms with E-state index in [0.717, 1.165) is 5.56 Å². The summed E-state index contributed by atoms with van der Waals surface area (Å²) in [7, 11) is -1.44. The number of halogens is 2. The molecule has 0 aliphatic carbocycles. The first-order chi connectivity index (χ1) is 13.5. The SMILES string of the molecule is CC1(C)OB(c2ccc(F)cc2CO)OC1(C)C.OB1OCc2cc(F)ccc21. The van der Waals surface area contributed by atoms with Crippen molar-refractivity contribution >= 4 is 25.2 Å². The van der Waals surface area contributed by atoms with Gasteiger partial charge < -0.3 is 24.1 Å². The molecule has 2 heterocycles. The van der Waals surface area contributed by atoms with E-state index < -0.39 is 25.4 Å². The fourth-order valence-electron chi connectivity index (χ4n) is 3.11. The topological polar surface area (TPSA) is 68.2 Å². The van der Waals surface area contributed by atoms with Crippen molar-refractivity contribution in [1.29, 1.82) is 0 Å². The van der Waals surface area contributed by atoms with Crippen molar-refractivity contribution in [3.05, 3.63) is 59.2 Å². The lowest BCUT2D eigenvalue weighted by molar-refractivity contribution is 0.00578. The minimum Gasteiger partial charge on any atom is -0.423 e. The van der Waals surface area contributed by atoms with Gasteiger partial charge in [0.25, 0.3) is 0 Å². The van der Waals surface area contributed by atoms with Crippen LogP contribution in [0.5, 0.6) is 0 Å². The third kappa shape index (κ3) is 4.54. The Hall–Kier alpha value is -1.77. The van der Waals surface area contributed by atoms with E-state index in [-0.39, 0.29) is 18.2 Å². The number of fused-ring (bicyclic) bond motifs is 1. The molecule has 2 aromatic rings. The van der Waals surface area contributed by atoms with Gasteiger partial charge in [-0.05, 0) is 74.0 Å². The maximum atomic E-state index is 13.1. The summed E-state index contributed by atoms with van der Waals surface area (Å²) in [5.41, 5.74) is 1.69. The lowest BCUT2D eigenvalue weighted by Gasteiger charge is -2.32. The highest BCUT2D eigenvalue weighted by Crippen LogP contribution is 2.36. The molecule has 0 aromatic heterocycles. The third-order valence-electron chi connectivity index (χ3n) is 5.55. The second-order valence-corrected chi connectivity index (χ2v) is 8.10. The van der Waals surface area contributed by atoms with Crippen molar-refractivity contribution in [2.45, 2.75) is 52.1 Å². The quantitative estimate of drug-likeness (QED) is 0.746. The van der Waals surface area contributed by atoms with Crippen LogP contribution in [-0.4, -0.2) is 35.6 Å². The van der Waals surface area contributed by atoms with Crippen LogP contribution in [0.2, 0.25) is 0 Å². The van der Waals surface area contributed by atoms with Crippen molar-refractivity contribution in [1.82, 2.24) is 0 Å². The van der Waals surface area contributed by atoms with Crippen LogP contribution in [0.3, 0.4) is 0 Å². The van der Waals surface area contributed by atoms with Crippen LogP contribution in [0.4, 0.5) is 8.78 Å². The molecule has 1 saturated heterocycles. The van der Waals surface area contributed by atoms with Crippen LogP contribution in [-0.2, 0) is 27.2 Å². The molecule has 0 saturated carbocycles. The average molecular weight is 404 g/mol. The highest BCUT2D eigenvalue weighted by molar-refractivity contribution is 6.62. The minimum absolute atomic E-state index is 0.239. The summed E-state index contributed by atoms with van der Waals surface area (Å²) < 4.78 is 42.3. The van der Waals surface area contributed by atoms with Crippen molar-refractivity contribution in [3.8, 4) is 0 Å². The van der Waals surface area contributed by atoms with E-state index in [4.69, 9.17) is 19.0 Å². The number of rotatable bonds is 2. The highest BCUT2D eigenvalue weighted by atomic mass is 19.1. The molecule has 2 aromatic carbocycles. The van der Waals surface area contributed by atoms with E-state index in [1.54, 1.807) is 12.1 Å². The van der Waals surface area contributed by atoms with Crippen LogP contribution < -0.4 is 10.9 Å². The molecule has 29 heavy (non-hydrogen) atoms. The molecule has 0 radical (unpaired) electrons. The number of aliphatic hydroxyl groups is 1. The standard InChI is InChI=1S/C13H18BFO3.C7H6BFO2/c1-12(2)13(3,4)18-14(17-12)11-6-5-10(15)7-9(11)8-16;9-6-1-2-7-5(3-6)4-11-8(7)10/h5-7,16H,8H2,1-4H3;1-3,10H,4H2. The van der Waals surface area contributed by atoms with Crippen LogP contribution in [0.1, 0.15) is 38.8 Å². The van der Waals surface area contributed by atoms with Gasteiger partial charge in [-0.15, -0.1) is 0 Å². The number of aliphatic hydroxyl groups excluding tert-OH is 1. The maximum absolute atomic E-state index is 13.1. The Kier molecular flexibility index (Phi) is 6.17. The van der Waals surface area contributed by atoms with Gasteiger partial charge in [0.15, 0.2) is 0 Å². The first-order valence-corrected chi connectivity index (χ1v) is 9.37. The third-order valence-corrected chi connectivity index (χ3v) is 5.55. The van der Waals surface area contributed by atoms with Crippen molar-refractivity contribution in [2.24, 2.45) is 0 Å². The molecule has 2 aliphatic heterocycles. The normalized spacial score (nSPS) is 19.0. The van der Waals surface area contributed by atoms with Crippen molar-refractivity contribution in [2.75, 3.05) is 0 Å². The van der Waals surface area contributed by atoms with Gasteiger partial charge in [0.2, 0.25) is 0 Å². The zero-order chi connectivity index (χ0) is 21.4. The molecular formula is C20H24B2F2O5. The number of hydrogen-bond donors (Lipinski definition) is 2. The van der Waals surface area contributed by atoms with Gasteiger partial charge in [-0.1, -0.05) is 12.1 Å². The molecule has 0 unspecified atom stereocenters. The molecule has 2 aliphatic rings. The summed E-state index contributed by atoms with van der Waals surface area (Å²) >= 11 is 0.